The van der Waals surface area contributed by atoms with E-state index in [1.807, 2.05) is 6.20 Å². The number of benzene rings is 1. The van der Waals surface area contributed by atoms with Gasteiger partial charge in [-0.2, -0.15) is 0 Å². The van der Waals surface area contributed by atoms with Gasteiger partial charge in [-0.25, -0.2) is 0 Å². The highest BCUT2D eigenvalue weighted by molar-refractivity contribution is 14.1. The minimum atomic E-state index is 0.245. The normalized spacial score (nSPS) is 10.8. The fourth-order valence-corrected chi connectivity index (χ4v) is 2.16. The summed E-state index contributed by atoms with van der Waals surface area (Å²) in [4.78, 5) is 14.2. The maximum Gasteiger partial charge on any atom is 0.130 e. The maximum absolute atomic E-state index is 10.9. The standard InChI is InChI=1S/C12H12INO/c1-8(15)2-3-9-7-14-12-5-4-10(13)6-11(9)12/h4-7,14H,2-3H2,1H3. The number of aromatic nitrogens is 1. The molecular formula is C12H12INO. The Morgan fingerprint density at radius 2 is 2.27 bits per heavy atom. The molecule has 0 saturated carbocycles. The number of halogens is 1. The van der Waals surface area contributed by atoms with E-state index < -0.39 is 0 Å². The van der Waals surface area contributed by atoms with Crippen molar-refractivity contribution in [2.45, 2.75) is 19.8 Å². The second-order valence-corrected chi connectivity index (χ2v) is 4.95. The van der Waals surface area contributed by atoms with E-state index in [0.717, 1.165) is 11.9 Å². The Hall–Kier alpha value is -0.840. The second kappa shape index (κ2) is 4.35. The third-order valence-electron chi connectivity index (χ3n) is 2.48. The molecule has 1 aromatic heterocycles. The minimum Gasteiger partial charge on any atom is -0.361 e. The molecule has 2 aromatic rings. The predicted molar refractivity (Wildman–Crippen MR) is 70.0 cm³/mol. The summed E-state index contributed by atoms with van der Waals surface area (Å²) in [7, 11) is 0. The van der Waals surface area contributed by atoms with E-state index in [9.17, 15) is 4.79 Å². The van der Waals surface area contributed by atoms with Gasteiger partial charge in [-0.3, -0.25) is 0 Å². The number of hydrogen-bond donors (Lipinski definition) is 1. The van der Waals surface area contributed by atoms with Crippen molar-refractivity contribution in [2.24, 2.45) is 0 Å². The average molecular weight is 313 g/mol. The number of carbonyl (C=O) groups excluding carboxylic acids is 1. The SMILES string of the molecule is CC(=O)CCc1c[nH]c2ccc(I)cc12. The van der Waals surface area contributed by atoms with Gasteiger partial charge in [-0.1, -0.05) is 0 Å². The number of nitrogens with one attached hydrogen (secondary N) is 1. The van der Waals surface area contributed by atoms with Crippen molar-refractivity contribution in [3.8, 4) is 0 Å². The van der Waals surface area contributed by atoms with E-state index >= 15 is 0 Å². The largest absolute Gasteiger partial charge is 0.361 e. The zero-order valence-electron chi connectivity index (χ0n) is 8.51. The first-order chi connectivity index (χ1) is 7.16. The number of carbonyl (C=O) groups is 1. The van der Waals surface area contributed by atoms with Crippen LogP contribution in [-0.2, 0) is 11.2 Å². The van der Waals surface area contributed by atoms with Crippen molar-refractivity contribution in [2.75, 3.05) is 0 Å². The van der Waals surface area contributed by atoms with Crippen molar-refractivity contribution < 1.29 is 4.79 Å². The molecule has 0 fully saturated rings. The molecule has 0 bridgehead atoms. The Morgan fingerprint density at radius 1 is 1.47 bits per heavy atom. The van der Waals surface area contributed by atoms with Gasteiger partial charge in [0.1, 0.15) is 5.78 Å². The van der Waals surface area contributed by atoms with E-state index in [4.69, 9.17) is 0 Å². The summed E-state index contributed by atoms with van der Waals surface area (Å²) >= 11 is 2.30. The molecule has 2 nitrogen and oxygen atoms in total. The molecule has 0 aliphatic rings. The van der Waals surface area contributed by atoms with Gasteiger partial charge < -0.3 is 9.78 Å². The summed E-state index contributed by atoms with van der Waals surface area (Å²) in [5, 5.41) is 1.24. The summed E-state index contributed by atoms with van der Waals surface area (Å²) in [6.07, 6.45) is 3.46. The quantitative estimate of drug-likeness (QED) is 0.867. The van der Waals surface area contributed by atoms with Crippen molar-refractivity contribution in [3.05, 3.63) is 33.5 Å². The zero-order valence-corrected chi connectivity index (χ0v) is 10.7. The Bertz CT molecular complexity index is 501. The van der Waals surface area contributed by atoms with E-state index in [1.54, 1.807) is 6.92 Å². The van der Waals surface area contributed by atoms with Crippen molar-refractivity contribution in [3.63, 3.8) is 0 Å². The molecule has 1 aromatic carbocycles. The molecule has 0 radical (unpaired) electrons. The molecular weight excluding hydrogens is 301 g/mol. The number of H-pyrrole nitrogens is 1. The molecule has 1 N–H and O–H groups in total. The van der Waals surface area contributed by atoms with Crippen molar-refractivity contribution in [1.82, 2.24) is 4.98 Å². The van der Waals surface area contributed by atoms with E-state index in [2.05, 4.69) is 45.8 Å². The van der Waals surface area contributed by atoms with Crippen LogP contribution < -0.4 is 0 Å². The lowest BCUT2D eigenvalue weighted by atomic mass is 10.1. The van der Waals surface area contributed by atoms with Gasteiger partial charge in [-0.15, -0.1) is 0 Å². The lowest BCUT2D eigenvalue weighted by Gasteiger charge is -1.97. The fraction of sp³-hybridized carbons (Fsp3) is 0.250. The number of aryl methyl sites for hydroxylation is 1. The first-order valence-corrected chi connectivity index (χ1v) is 5.99. The van der Waals surface area contributed by atoms with Gasteiger partial charge in [-0.05, 0) is 59.7 Å². The van der Waals surface area contributed by atoms with Crippen LogP contribution in [0.2, 0.25) is 0 Å². The van der Waals surface area contributed by atoms with Crippen LogP contribution in [0.3, 0.4) is 0 Å². The van der Waals surface area contributed by atoms with Crippen LogP contribution in [0.15, 0.2) is 24.4 Å². The van der Waals surface area contributed by atoms with Crippen LogP contribution in [0.5, 0.6) is 0 Å². The van der Waals surface area contributed by atoms with Crippen molar-refractivity contribution in [1.29, 1.82) is 0 Å². The van der Waals surface area contributed by atoms with Crippen LogP contribution in [0.25, 0.3) is 10.9 Å². The summed E-state index contributed by atoms with van der Waals surface area (Å²) in [6, 6.07) is 6.31. The van der Waals surface area contributed by atoms with Gasteiger partial charge in [0.25, 0.3) is 0 Å². The van der Waals surface area contributed by atoms with Crippen LogP contribution in [0.4, 0.5) is 0 Å². The summed E-state index contributed by atoms with van der Waals surface area (Å²) in [5.74, 6) is 0.245. The highest BCUT2D eigenvalue weighted by Gasteiger charge is 2.04. The third-order valence-corrected chi connectivity index (χ3v) is 3.15. The molecule has 0 aliphatic heterocycles. The predicted octanol–water partition coefficient (Wildman–Crippen LogP) is 3.29. The Labute approximate surface area is 102 Å². The van der Waals surface area contributed by atoms with E-state index in [0.29, 0.717) is 6.42 Å². The zero-order chi connectivity index (χ0) is 10.8. The van der Waals surface area contributed by atoms with Crippen LogP contribution in [0.1, 0.15) is 18.9 Å². The molecule has 0 atom stereocenters. The monoisotopic (exact) mass is 313 g/mol. The number of rotatable bonds is 3. The van der Waals surface area contributed by atoms with Gasteiger partial charge in [0.15, 0.2) is 0 Å². The van der Waals surface area contributed by atoms with Gasteiger partial charge in [0, 0.05) is 27.1 Å². The molecule has 2 rings (SSSR count). The molecule has 0 spiro atoms. The number of fused-ring (bicyclic) bond motifs is 1. The molecule has 3 heteroatoms. The molecule has 1 heterocycles. The summed E-state index contributed by atoms with van der Waals surface area (Å²) < 4.78 is 1.23. The fourth-order valence-electron chi connectivity index (χ4n) is 1.67. The number of hydrogen-bond acceptors (Lipinski definition) is 1. The molecule has 15 heavy (non-hydrogen) atoms. The lowest BCUT2D eigenvalue weighted by Crippen LogP contribution is -1.92. The lowest BCUT2D eigenvalue weighted by molar-refractivity contribution is -0.116. The second-order valence-electron chi connectivity index (χ2n) is 3.71. The molecule has 0 unspecified atom stereocenters. The number of aromatic amines is 1. The highest BCUT2D eigenvalue weighted by Crippen LogP contribution is 2.21. The molecule has 0 amide bonds. The minimum absolute atomic E-state index is 0.245. The van der Waals surface area contributed by atoms with Gasteiger partial charge in [0.2, 0.25) is 0 Å². The first kappa shape index (κ1) is 10.7. The molecule has 0 saturated heterocycles. The Kier molecular flexibility index (Phi) is 3.09. The maximum atomic E-state index is 10.9. The summed E-state index contributed by atoms with van der Waals surface area (Å²) in [6.45, 7) is 1.64. The van der Waals surface area contributed by atoms with Crippen LogP contribution in [-0.4, -0.2) is 10.8 Å². The topological polar surface area (TPSA) is 32.9 Å². The van der Waals surface area contributed by atoms with Gasteiger partial charge >= 0.3 is 0 Å². The van der Waals surface area contributed by atoms with Crippen LogP contribution >= 0.6 is 22.6 Å². The van der Waals surface area contributed by atoms with E-state index in [-0.39, 0.29) is 5.78 Å². The third kappa shape index (κ3) is 2.40. The van der Waals surface area contributed by atoms with Crippen LogP contribution in [0, 0.1) is 3.57 Å². The Morgan fingerprint density at radius 3 is 3.00 bits per heavy atom. The van der Waals surface area contributed by atoms with Crippen molar-refractivity contribution >= 4 is 39.3 Å². The number of Topliss-reactive ketones (excluding diaryl/α,β-unsaturated/α-hetero) is 1. The Balaban J connectivity index is 2.35. The molecule has 78 valence electrons. The van der Waals surface area contributed by atoms with E-state index in [1.165, 1.54) is 14.5 Å². The first-order valence-electron chi connectivity index (χ1n) is 4.92. The molecule has 0 aliphatic carbocycles. The highest BCUT2D eigenvalue weighted by atomic mass is 127. The van der Waals surface area contributed by atoms with Gasteiger partial charge in [0.05, 0.1) is 0 Å². The summed E-state index contributed by atoms with van der Waals surface area (Å²) in [5.41, 5.74) is 2.38. The number of ketones is 1. The smallest absolute Gasteiger partial charge is 0.130 e. The average Bonchev–Trinajstić information content (AvgIpc) is 2.57.